The zero-order valence-electron chi connectivity index (χ0n) is 24.1. The molecule has 41 heavy (non-hydrogen) atoms. The smallest absolute Gasteiger partial charge is 0.314 e. The van der Waals surface area contributed by atoms with E-state index in [0.29, 0.717) is 49.2 Å². The summed E-state index contributed by atoms with van der Waals surface area (Å²) in [5, 5.41) is 10.3. The van der Waals surface area contributed by atoms with Crippen LogP contribution in [0, 0.1) is 29.3 Å². The fourth-order valence-electron chi connectivity index (χ4n) is 6.46. The van der Waals surface area contributed by atoms with Crippen molar-refractivity contribution in [1.29, 1.82) is 0 Å². The number of rotatable bonds is 12. The Kier molecular flexibility index (Phi) is 11.3. The lowest BCUT2D eigenvalue weighted by Gasteiger charge is -2.32. The van der Waals surface area contributed by atoms with Crippen molar-refractivity contribution in [1.82, 2.24) is 0 Å². The van der Waals surface area contributed by atoms with Crippen LogP contribution in [-0.2, 0) is 4.79 Å². The minimum Gasteiger partial charge on any atom is -0.493 e. The average molecular weight is 573 g/mol. The van der Waals surface area contributed by atoms with Crippen LogP contribution < -0.4 is 9.47 Å². The Morgan fingerprint density at radius 2 is 1.59 bits per heavy atom. The van der Waals surface area contributed by atoms with Gasteiger partial charge < -0.3 is 14.6 Å². The van der Waals surface area contributed by atoms with E-state index < -0.39 is 29.3 Å². The van der Waals surface area contributed by atoms with Crippen molar-refractivity contribution >= 4 is 5.97 Å². The number of halogens is 3. The Morgan fingerprint density at radius 1 is 0.976 bits per heavy atom. The summed E-state index contributed by atoms with van der Waals surface area (Å²) in [6, 6.07) is 7.61. The summed E-state index contributed by atoms with van der Waals surface area (Å²) >= 11 is 0. The van der Waals surface area contributed by atoms with Gasteiger partial charge in [-0.3, -0.25) is 4.79 Å². The summed E-state index contributed by atoms with van der Waals surface area (Å²) < 4.78 is 55.9. The Hall–Kier alpha value is -2.80. The molecule has 0 spiro atoms. The van der Waals surface area contributed by atoms with Crippen molar-refractivity contribution < 1.29 is 32.5 Å². The molecule has 0 saturated heterocycles. The normalized spacial score (nSPS) is 23.5. The van der Waals surface area contributed by atoms with E-state index in [1.807, 2.05) is 0 Å². The standard InChI is InChI=1S/C34H43F3O4/c1-3-5-6-20-40-26-16-19-31(29(35)21-26)41-34(39)25-14-10-23(11-15-25)28-18-17-27(32(36)33(28)37)22-8-12-24(13-9-22)30(38)7-4-2/h3,16-19,21-25,30,38H,1,4-15,20H2,2H3. The van der Waals surface area contributed by atoms with Crippen LogP contribution in [0.1, 0.15) is 107 Å². The van der Waals surface area contributed by atoms with Crippen LogP contribution in [0.25, 0.3) is 0 Å². The number of benzene rings is 2. The molecule has 4 rings (SSSR count). The van der Waals surface area contributed by atoms with E-state index in [4.69, 9.17) is 9.47 Å². The van der Waals surface area contributed by atoms with E-state index in [9.17, 15) is 14.3 Å². The van der Waals surface area contributed by atoms with Gasteiger partial charge in [0.05, 0.1) is 18.6 Å². The summed E-state index contributed by atoms with van der Waals surface area (Å²) in [6.07, 6.45) is 9.90. The molecule has 2 aliphatic carbocycles. The molecule has 2 aliphatic rings. The van der Waals surface area contributed by atoms with E-state index in [2.05, 4.69) is 13.5 Å². The number of hydrogen-bond donors (Lipinski definition) is 1. The number of allylic oxidation sites excluding steroid dienone is 1. The quantitative estimate of drug-likeness (QED) is 0.120. The molecule has 1 unspecified atom stereocenters. The van der Waals surface area contributed by atoms with Gasteiger partial charge in [0.15, 0.2) is 23.2 Å². The molecule has 1 N–H and O–H groups in total. The number of aliphatic hydroxyl groups excluding tert-OH is 1. The van der Waals surface area contributed by atoms with Crippen molar-refractivity contribution in [3.8, 4) is 11.5 Å². The molecule has 0 amide bonds. The first-order valence-electron chi connectivity index (χ1n) is 15.2. The summed E-state index contributed by atoms with van der Waals surface area (Å²) in [5.74, 6) is -2.91. The monoisotopic (exact) mass is 572 g/mol. The Bertz CT molecular complexity index is 1170. The fourth-order valence-corrected chi connectivity index (χ4v) is 6.46. The third kappa shape index (κ3) is 7.94. The van der Waals surface area contributed by atoms with Gasteiger partial charge in [-0.2, -0.15) is 0 Å². The van der Waals surface area contributed by atoms with Gasteiger partial charge in [0.25, 0.3) is 0 Å². The van der Waals surface area contributed by atoms with Crippen LogP contribution in [0.2, 0.25) is 0 Å². The van der Waals surface area contributed by atoms with Crippen LogP contribution in [0.5, 0.6) is 11.5 Å². The van der Waals surface area contributed by atoms with Gasteiger partial charge >= 0.3 is 5.97 Å². The molecule has 0 aromatic heterocycles. The SMILES string of the molecule is C=CCCCOc1ccc(OC(=O)C2CCC(c3ccc(C4CCC(C(O)CCC)CC4)c(F)c3F)CC2)c(F)c1. The van der Waals surface area contributed by atoms with Gasteiger partial charge in [-0.05, 0) is 112 Å². The van der Waals surface area contributed by atoms with Crippen LogP contribution in [0.4, 0.5) is 13.2 Å². The molecule has 2 aromatic carbocycles. The van der Waals surface area contributed by atoms with Crippen LogP contribution in [-0.4, -0.2) is 23.8 Å². The lowest BCUT2D eigenvalue weighted by atomic mass is 9.74. The van der Waals surface area contributed by atoms with Crippen LogP contribution >= 0.6 is 0 Å². The van der Waals surface area contributed by atoms with E-state index in [0.717, 1.165) is 51.4 Å². The molecule has 0 aliphatic heterocycles. The number of carbonyl (C=O) groups is 1. The highest BCUT2D eigenvalue weighted by Gasteiger charge is 2.33. The number of esters is 1. The number of aliphatic hydroxyl groups is 1. The van der Waals surface area contributed by atoms with E-state index in [1.165, 1.54) is 12.1 Å². The number of ether oxygens (including phenoxy) is 2. The van der Waals surface area contributed by atoms with Crippen molar-refractivity contribution in [2.24, 2.45) is 11.8 Å². The predicted octanol–water partition coefficient (Wildman–Crippen LogP) is 8.76. The Balaban J connectivity index is 1.29. The Morgan fingerprint density at radius 3 is 2.15 bits per heavy atom. The van der Waals surface area contributed by atoms with E-state index in [-0.39, 0.29) is 29.6 Å². The van der Waals surface area contributed by atoms with Gasteiger partial charge in [0, 0.05) is 6.07 Å². The maximum atomic E-state index is 15.3. The third-order valence-corrected chi connectivity index (χ3v) is 8.92. The zero-order chi connectivity index (χ0) is 29.4. The first-order valence-corrected chi connectivity index (χ1v) is 15.2. The molecule has 2 aromatic rings. The topological polar surface area (TPSA) is 55.8 Å². The summed E-state index contributed by atoms with van der Waals surface area (Å²) in [5.41, 5.74) is 0.794. The Labute approximate surface area is 241 Å². The number of carbonyl (C=O) groups excluding carboxylic acids is 1. The highest BCUT2D eigenvalue weighted by Crippen LogP contribution is 2.42. The largest absolute Gasteiger partial charge is 0.493 e. The van der Waals surface area contributed by atoms with Crippen molar-refractivity contribution in [2.45, 2.75) is 102 Å². The second kappa shape index (κ2) is 14.9. The van der Waals surface area contributed by atoms with Crippen molar-refractivity contribution in [3.63, 3.8) is 0 Å². The lowest BCUT2D eigenvalue weighted by Crippen LogP contribution is -2.26. The first kappa shape index (κ1) is 31.1. The van der Waals surface area contributed by atoms with Gasteiger partial charge in [-0.25, -0.2) is 13.2 Å². The minimum absolute atomic E-state index is 0.0348. The van der Waals surface area contributed by atoms with Crippen molar-refractivity contribution in [3.05, 3.63) is 71.6 Å². The zero-order valence-corrected chi connectivity index (χ0v) is 24.1. The average Bonchev–Trinajstić information content (AvgIpc) is 2.98. The third-order valence-electron chi connectivity index (χ3n) is 8.92. The molecule has 0 radical (unpaired) electrons. The van der Waals surface area contributed by atoms with Gasteiger partial charge in [-0.15, -0.1) is 6.58 Å². The maximum absolute atomic E-state index is 15.3. The second-order valence-corrected chi connectivity index (χ2v) is 11.7. The molecule has 0 heterocycles. The predicted molar refractivity (Wildman–Crippen MR) is 154 cm³/mol. The molecule has 0 bridgehead atoms. The first-order chi connectivity index (χ1) is 19.8. The van der Waals surface area contributed by atoms with E-state index >= 15 is 8.78 Å². The second-order valence-electron chi connectivity index (χ2n) is 11.7. The number of hydrogen-bond acceptors (Lipinski definition) is 4. The summed E-state index contributed by atoms with van der Waals surface area (Å²) in [7, 11) is 0. The van der Waals surface area contributed by atoms with Gasteiger partial charge in [0.2, 0.25) is 0 Å². The molecule has 7 heteroatoms. The van der Waals surface area contributed by atoms with Crippen LogP contribution in [0.3, 0.4) is 0 Å². The molecule has 1 atom stereocenters. The van der Waals surface area contributed by atoms with Gasteiger partial charge in [0.1, 0.15) is 5.75 Å². The number of unbranched alkanes of at least 4 members (excludes halogenated alkanes) is 1. The lowest BCUT2D eigenvalue weighted by molar-refractivity contribution is -0.140. The minimum atomic E-state index is -0.782. The maximum Gasteiger partial charge on any atom is 0.314 e. The van der Waals surface area contributed by atoms with Crippen LogP contribution in [0.15, 0.2) is 43.0 Å². The highest BCUT2D eigenvalue weighted by molar-refractivity contribution is 5.75. The molecular formula is C34H43F3O4. The summed E-state index contributed by atoms with van der Waals surface area (Å²) in [6.45, 7) is 6.14. The van der Waals surface area contributed by atoms with E-state index in [1.54, 1.807) is 24.3 Å². The molecule has 224 valence electrons. The molecular weight excluding hydrogens is 529 g/mol. The molecule has 4 nitrogen and oxygen atoms in total. The van der Waals surface area contributed by atoms with Gasteiger partial charge in [-0.1, -0.05) is 31.6 Å². The summed E-state index contributed by atoms with van der Waals surface area (Å²) in [4.78, 5) is 12.8. The van der Waals surface area contributed by atoms with Crippen molar-refractivity contribution in [2.75, 3.05) is 6.61 Å². The fraction of sp³-hybridized carbons (Fsp3) is 0.559. The molecule has 2 saturated carbocycles. The highest BCUT2D eigenvalue weighted by atomic mass is 19.2. The molecule has 2 fully saturated rings.